The van der Waals surface area contributed by atoms with Crippen LogP contribution in [0, 0.1) is 0 Å². The Morgan fingerprint density at radius 3 is 2.20 bits per heavy atom. The number of aromatic nitrogens is 1. The van der Waals surface area contributed by atoms with Crippen LogP contribution in [0.25, 0.3) is 5.69 Å². The van der Waals surface area contributed by atoms with Crippen LogP contribution in [0.3, 0.4) is 0 Å². The second-order valence-corrected chi connectivity index (χ2v) is 12.4. The van der Waals surface area contributed by atoms with Gasteiger partial charge < -0.3 is 24.3 Å². The fourth-order valence-electron chi connectivity index (χ4n) is 6.33. The van der Waals surface area contributed by atoms with Gasteiger partial charge in [-0.15, -0.1) is 0 Å². The van der Waals surface area contributed by atoms with Crippen molar-refractivity contribution in [3.8, 4) is 17.2 Å². The highest BCUT2D eigenvalue weighted by Gasteiger charge is 2.38. The van der Waals surface area contributed by atoms with E-state index in [1.807, 2.05) is 65.7 Å². The molecule has 0 bridgehead atoms. The van der Waals surface area contributed by atoms with E-state index in [9.17, 15) is 9.59 Å². The number of urea groups is 1. The van der Waals surface area contributed by atoms with Crippen molar-refractivity contribution in [1.82, 2.24) is 9.47 Å². The number of nitrogens with zero attached hydrogens (tertiary/aromatic N) is 3. The number of benzene rings is 3. The molecule has 1 aliphatic heterocycles. The molecule has 4 aromatic rings. The zero-order valence-electron chi connectivity index (χ0n) is 28.0. The van der Waals surface area contributed by atoms with Crippen molar-refractivity contribution < 1.29 is 19.1 Å². The molecule has 1 atom stereocenters. The molecule has 1 aliphatic rings. The van der Waals surface area contributed by atoms with Crippen LogP contribution < -0.4 is 19.7 Å². The highest BCUT2D eigenvalue weighted by molar-refractivity contribution is 6.02. The molecule has 3 amide bonds. The summed E-state index contributed by atoms with van der Waals surface area (Å²) in [7, 11) is 3.25. The van der Waals surface area contributed by atoms with Gasteiger partial charge in [-0.2, -0.15) is 0 Å². The van der Waals surface area contributed by atoms with Gasteiger partial charge in [-0.1, -0.05) is 71.4 Å². The Labute approximate surface area is 272 Å². The smallest absolute Gasteiger partial charge is 0.322 e. The summed E-state index contributed by atoms with van der Waals surface area (Å²) in [5.41, 5.74) is 6.36. The van der Waals surface area contributed by atoms with Crippen LogP contribution in [0.15, 0.2) is 79.0 Å². The van der Waals surface area contributed by atoms with E-state index in [4.69, 9.17) is 9.47 Å². The molecule has 8 heteroatoms. The maximum Gasteiger partial charge on any atom is 0.322 e. The van der Waals surface area contributed by atoms with Gasteiger partial charge in [-0.25, -0.2) is 4.79 Å². The normalized spacial score (nSPS) is 13.8. The molecule has 8 nitrogen and oxygen atoms in total. The number of fused-ring (bicyclic) bond motifs is 3. The highest BCUT2D eigenvalue weighted by atomic mass is 16.5. The number of rotatable bonds is 11. The molecule has 0 saturated carbocycles. The van der Waals surface area contributed by atoms with Crippen LogP contribution in [-0.4, -0.2) is 48.7 Å². The van der Waals surface area contributed by atoms with Gasteiger partial charge >= 0.3 is 6.03 Å². The molecule has 0 spiro atoms. The molecular formula is C38H46N4O4. The quantitative estimate of drug-likeness (QED) is 0.182. The van der Waals surface area contributed by atoms with Crippen LogP contribution in [0.1, 0.15) is 87.7 Å². The first kappa shape index (κ1) is 32.7. The second kappa shape index (κ2) is 14.1. The number of anilines is 2. The molecule has 1 aromatic heterocycles. The van der Waals surface area contributed by atoms with Crippen LogP contribution in [0.5, 0.6) is 11.5 Å². The summed E-state index contributed by atoms with van der Waals surface area (Å²) in [6, 6.07) is 22.9. The number of nitrogens with one attached hydrogen (secondary N) is 1. The van der Waals surface area contributed by atoms with Crippen LogP contribution in [-0.2, 0) is 4.79 Å². The van der Waals surface area contributed by atoms with Gasteiger partial charge in [-0.3, -0.25) is 9.69 Å². The van der Waals surface area contributed by atoms with Gasteiger partial charge in [0.05, 0.1) is 31.3 Å². The summed E-state index contributed by atoms with van der Waals surface area (Å²) in [5.74, 6) is 1.55. The number of methoxy groups -OCH3 is 2. The van der Waals surface area contributed by atoms with Gasteiger partial charge in [0, 0.05) is 24.0 Å². The van der Waals surface area contributed by atoms with E-state index >= 15 is 0 Å². The molecule has 242 valence electrons. The van der Waals surface area contributed by atoms with Crippen molar-refractivity contribution >= 4 is 23.3 Å². The third-order valence-corrected chi connectivity index (χ3v) is 8.72. The molecule has 46 heavy (non-hydrogen) atoms. The number of hydrogen-bond donors (Lipinski definition) is 1. The predicted molar refractivity (Wildman–Crippen MR) is 185 cm³/mol. The van der Waals surface area contributed by atoms with Crippen molar-refractivity contribution in [3.05, 3.63) is 101 Å². The Morgan fingerprint density at radius 1 is 0.870 bits per heavy atom. The fraction of sp³-hybridized carbons (Fsp3) is 0.368. The molecule has 0 fully saturated rings. The third-order valence-electron chi connectivity index (χ3n) is 8.72. The van der Waals surface area contributed by atoms with Crippen LogP contribution >= 0.6 is 0 Å². The van der Waals surface area contributed by atoms with E-state index in [-0.39, 0.29) is 30.3 Å². The van der Waals surface area contributed by atoms with E-state index in [1.165, 1.54) is 0 Å². The number of ether oxygens (including phenoxy) is 2. The number of hydrogen-bond acceptors (Lipinski definition) is 4. The first-order valence-electron chi connectivity index (χ1n) is 16.2. The maximum atomic E-state index is 14.7. The van der Waals surface area contributed by atoms with E-state index < -0.39 is 6.04 Å². The molecule has 0 aliphatic carbocycles. The topological polar surface area (TPSA) is 76.0 Å². The van der Waals surface area contributed by atoms with Crippen molar-refractivity contribution in [3.63, 3.8) is 0 Å². The lowest BCUT2D eigenvalue weighted by atomic mass is 9.93. The van der Waals surface area contributed by atoms with Gasteiger partial charge in [-0.05, 0) is 71.8 Å². The first-order chi connectivity index (χ1) is 22.2. The fourth-order valence-corrected chi connectivity index (χ4v) is 6.33. The van der Waals surface area contributed by atoms with E-state index in [2.05, 4.69) is 62.7 Å². The summed E-state index contributed by atoms with van der Waals surface area (Å²) < 4.78 is 13.5. The minimum Gasteiger partial charge on any atom is -0.497 e. The minimum absolute atomic E-state index is 0.0927. The summed E-state index contributed by atoms with van der Waals surface area (Å²) in [6.07, 6.45) is 3.67. The molecule has 1 unspecified atom stereocenters. The number of carbonyl (C=O) groups is 2. The third kappa shape index (κ3) is 6.34. The standard InChI is InChI=1S/C38H46N4O4/c1-8-9-21-40(38(44)39-36-28(25(2)3)14-12-15-29(36)26(4)5)24-35(43)42-32-17-11-10-16-31(32)41-22-13-18-33(41)37(42)30-23-27(45-6)19-20-34(30)46-7/h10-20,22-23,25-26,37H,8-9,21,24H2,1-7H3,(H,39,44). The number of amides is 3. The Morgan fingerprint density at radius 2 is 1.57 bits per heavy atom. The van der Waals surface area contributed by atoms with Crippen molar-refractivity contribution in [2.75, 3.05) is 37.5 Å². The van der Waals surface area contributed by atoms with E-state index in [0.717, 1.165) is 52.3 Å². The Balaban J connectivity index is 1.57. The Hall–Kier alpha value is -4.72. The van der Waals surface area contributed by atoms with Gasteiger partial charge in [0.1, 0.15) is 24.1 Å². The van der Waals surface area contributed by atoms with E-state index in [0.29, 0.717) is 18.0 Å². The second-order valence-electron chi connectivity index (χ2n) is 12.4. The zero-order chi connectivity index (χ0) is 33.0. The Bertz CT molecular complexity index is 1670. The van der Waals surface area contributed by atoms with Crippen LogP contribution in [0.2, 0.25) is 0 Å². The van der Waals surface area contributed by atoms with Crippen molar-refractivity contribution in [1.29, 1.82) is 0 Å². The molecule has 0 saturated heterocycles. The summed E-state index contributed by atoms with van der Waals surface area (Å²) >= 11 is 0. The minimum atomic E-state index is -0.521. The summed E-state index contributed by atoms with van der Waals surface area (Å²) in [5, 5.41) is 3.24. The zero-order valence-corrected chi connectivity index (χ0v) is 28.0. The largest absolute Gasteiger partial charge is 0.497 e. The molecule has 1 N–H and O–H groups in total. The monoisotopic (exact) mass is 622 g/mol. The van der Waals surface area contributed by atoms with Gasteiger partial charge in [0.15, 0.2) is 0 Å². The lowest BCUT2D eigenvalue weighted by molar-refractivity contribution is -0.119. The average molecular weight is 623 g/mol. The van der Waals surface area contributed by atoms with Crippen molar-refractivity contribution in [2.24, 2.45) is 0 Å². The van der Waals surface area contributed by atoms with Crippen LogP contribution in [0.4, 0.5) is 16.2 Å². The maximum absolute atomic E-state index is 14.7. The lowest BCUT2D eigenvalue weighted by Crippen LogP contribution is -2.48. The number of unbranched alkanes of at least 4 members (excludes halogenated alkanes) is 1. The van der Waals surface area contributed by atoms with Crippen molar-refractivity contribution in [2.45, 2.75) is 65.3 Å². The molecular weight excluding hydrogens is 576 g/mol. The summed E-state index contributed by atoms with van der Waals surface area (Å²) in [6.45, 7) is 11.0. The molecule has 3 aromatic carbocycles. The first-order valence-corrected chi connectivity index (χ1v) is 16.2. The van der Waals surface area contributed by atoms with Gasteiger partial charge in [0.25, 0.3) is 0 Å². The van der Waals surface area contributed by atoms with Gasteiger partial charge in [0.2, 0.25) is 5.91 Å². The highest BCUT2D eigenvalue weighted by Crippen LogP contribution is 2.45. The predicted octanol–water partition coefficient (Wildman–Crippen LogP) is 8.51. The number of para-hydroxylation sites is 3. The molecule has 2 heterocycles. The average Bonchev–Trinajstić information content (AvgIpc) is 3.55. The molecule has 5 rings (SSSR count). The molecule has 0 radical (unpaired) electrons. The number of carbonyl (C=O) groups excluding carboxylic acids is 2. The SMILES string of the molecule is CCCCN(CC(=O)N1c2ccccc2-n2cccc2C1c1cc(OC)ccc1OC)C(=O)Nc1c(C(C)C)cccc1C(C)C. The van der Waals surface area contributed by atoms with E-state index in [1.54, 1.807) is 19.1 Å². The Kier molecular flexibility index (Phi) is 10.0. The lowest BCUT2D eigenvalue weighted by Gasteiger charge is -2.40. The summed E-state index contributed by atoms with van der Waals surface area (Å²) in [4.78, 5) is 32.3.